The number of amides is 2. The van der Waals surface area contributed by atoms with Gasteiger partial charge in [0.25, 0.3) is 5.91 Å². The van der Waals surface area contributed by atoms with Gasteiger partial charge in [-0.2, -0.15) is 0 Å². The maximum absolute atomic E-state index is 13.5. The third-order valence-corrected chi connectivity index (χ3v) is 6.33. The molecule has 2 amide bonds. The van der Waals surface area contributed by atoms with E-state index in [0.29, 0.717) is 35.2 Å². The van der Waals surface area contributed by atoms with Gasteiger partial charge in [-0.05, 0) is 69.5 Å². The van der Waals surface area contributed by atoms with Crippen molar-refractivity contribution >= 4 is 17.8 Å². The fraction of sp³-hybridized carbons (Fsp3) is 0.444. The largest absolute Gasteiger partial charge is 0.497 e. The molecule has 0 radical (unpaired) electrons. The lowest BCUT2D eigenvalue weighted by Crippen LogP contribution is -2.34. The molecule has 0 N–H and O–H groups in total. The third-order valence-electron chi connectivity index (χ3n) is 6.33. The topological polar surface area (TPSA) is 103 Å². The molecule has 2 aromatic heterocycles. The summed E-state index contributed by atoms with van der Waals surface area (Å²) in [6, 6.07) is 9.34. The van der Waals surface area contributed by atoms with Crippen LogP contribution in [0, 0.1) is 0 Å². The normalized spacial score (nSPS) is 13.9. The van der Waals surface area contributed by atoms with Gasteiger partial charge in [0.2, 0.25) is 0 Å². The van der Waals surface area contributed by atoms with Gasteiger partial charge < -0.3 is 18.9 Å². The fourth-order valence-corrected chi connectivity index (χ4v) is 4.20. The Morgan fingerprint density at radius 1 is 1.24 bits per heavy atom. The van der Waals surface area contributed by atoms with Gasteiger partial charge in [0, 0.05) is 25.2 Å². The van der Waals surface area contributed by atoms with Crippen molar-refractivity contribution in [1.82, 2.24) is 24.6 Å². The van der Waals surface area contributed by atoms with Crippen LogP contribution in [0.2, 0.25) is 0 Å². The predicted octanol–water partition coefficient (Wildman–Crippen LogP) is 4.85. The zero-order valence-corrected chi connectivity index (χ0v) is 22.5. The van der Waals surface area contributed by atoms with E-state index in [1.807, 2.05) is 43.5 Å². The number of rotatable bonds is 7. The van der Waals surface area contributed by atoms with Gasteiger partial charge in [0.1, 0.15) is 29.2 Å². The molecular formula is C27H34N6O4. The van der Waals surface area contributed by atoms with Crippen LogP contribution in [0.4, 0.5) is 10.6 Å². The Morgan fingerprint density at radius 3 is 2.68 bits per heavy atom. The Balaban J connectivity index is 1.65. The molecule has 1 atom stereocenters. The van der Waals surface area contributed by atoms with Crippen molar-refractivity contribution in [3.63, 3.8) is 0 Å². The van der Waals surface area contributed by atoms with Crippen molar-refractivity contribution in [2.24, 2.45) is 0 Å². The summed E-state index contributed by atoms with van der Waals surface area (Å²) in [5, 5.41) is 8.35. The van der Waals surface area contributed by atoms with Gasteiger partial charge in [-0.1, -0.05) is 13.0 Å². The molecule has 3 heterocycles. The quantitative estimate of drug-likeness (QED) is 0.451. The van der Waals surface area contributed by atoms with E-state index in [9.17, 15) is 9.59 Å². The van der Waals surface area contributed by atoms with E-state index >= 15 is 0 Å². The second-order valence-corrected chi connectivity index (χ2v) is 10.2. The van der Waals surface area contributed by atoms with Crippen LogP contribution < -0.4 is 9.64 Å². The van der Waals surface area contributed by atoms with Crippen molar-refractivity contribution < 1.29 is 19.1 Å². The van der Waals surface area contributed by atoms with E-state index < -0.39 is 11.7 Å². The van der Waals surface area contributed by atoms with Gasteiger partial charge in [-0.15, -0.1) is 10.2 Å². The van der Waals surface area contributed by atoms with E-state index in [1.54, 1.807) is 37.5 Å². The second kappa shape index (κ2) is 10.2. The number of benzene rings is 1. The minimum Gasteiger partial charge on any atom is -0.497 e. The minimum absolute atomic E-state index is 0.178. The van der Waals surface area contributed by atoms with Gasteiger partial charge >= 0.3 is 6.09 Å². The number of nitrogens with zero attached hydrogens (tertiary/aromatic N) is 6. The molecule has 0 saturated heterocycles. The second-order valence-electron chi connectivity index (χ2n) is 10.2. The van der Waals surface area contributed by atoms with E-state index in [4.69, 9.17) is 14.5 Å². The molecule has 0 saturated carbocycles. The molecular weight excluding hydrogens is 472 g/mol. The Labute approximate surface area is 217 Å². The summed E-state index contributed by atoms with van der Waals surface area (Å²) in [5.74, 6) is 1.54. The Kier molecular flexibility index (Phi) is 7.20. The number of fused-ring (bicyclic) bond motifs is 1. The van der Waals surface area contributed by atoms with E-state index in [0.717, 1.165) is 17.5 Å². The Morgan fingerprint density at radius 2 is 2.00 bits per heavy atom. The first-order chi connectivity index (χ1) is 17.5. The summed E-state index contributed by atoms with van der Waals surface area (Å²) in [7, 11) is 3.23. The first kappa shape index (κ1) is 26.1. The van der Waals surface area contributed by atoms with Crippen LogP contribution >= 0.6 is 0 Å². The van der Waals surface area contributed by atoms with Crippen molar-refractivity contribution in [3.8, 4) is 17.3 Å². The number of hydrogen-bond donors (Lipinski definition) is 0. The monoisotopic (exact) mass is 506 g/mol. The molecule has 10 nitrogen and oxygen atoms in total. The van der Waals surface area contributed by atoms with Crippen LogP contribution in [0.25, 0.3) is 11.5 Å². The molecule has 1 aromatic carbocycles. The van der Waals surface area contributed by atoms with E-state index in [-0.39, 0.29) is 18.5 Å². The molecule has 10 heteroatoms. The molecule has 0 unspecified atom stereocenters. The molecule has 4 rings (SSSR count). The summed E-state index contributed by atoms with van der Waals surface area (Å²) in [6.45, 7) is 10.3. The molecule has 37 heavy (non-hydrogen) atoms. The van der Waals surface area contributed by atoms with Gasteiger partial charge in [0.05, 0.1) is 13.7 Å². The van der Waals surface area contributed by atoms with Crippen molar-refractivity contribution in [2.45, 2.75) is 65.8 Å². The van der Waals surface area contributed by atoms with Crippen LogP contribution in [-0.4, -0.2) is 56.4 Å². The number of aromatic nitrogens is 4. The zero-order valence-electron chi connectivity index (χ0n) is 22.5. The summed E-state index contributed by atoms with van der Waals surface area (Å²) in [4.78, 5) is 34.0. The summed E-state index contributed by atoms with van der Waals surface area (Å²) < 4.78 is 13.0. The average molecular weight is 507 g/mol. The summed E-state index contributed by atoms with van der Waals surface area (Å²) in [6.07, 6.45) is 2.19. The van der Waals surface area contributed by atoms with Crippen molar-refractivity contribution in [3.05, 3.63) is 53.3 Å². The highest BCUT2D eigenvalue weighted by Crippen LogP contribution is 2.34. The van der Waals surface area contributed by atoms with Crippen LogP contribution in [0.5, 0.6) is 5.75 Å². The highest BCUT2D eigenvalue weighted by Gasteiger charge is 2.33. The number of pyridine rings is 1. The predicted molar refractivity (Wildman–Crippen MR) is 139 cm³/mol. The first-order valence-corrected chi connectivity index (χ1v) is 12.3. The zero-order chi connectivity index (χ0) is 26.9. The van der Waals surface area contributed by atoms with E-state index in [1.165, 1.54) is 4.90 Å². The highest BCUT2D eigenvalue weighted by molar-refractivity contribution is 6.10. The maximum atomic E-state index is 13.5. The van der Waals surface area contributed by atoms with Crippen molar-refractivity contribution in [1.29, 1.82) is 0 Å². The Hall–Kier alpha value is -3.95. The fourth-order valence-electron chi connectivity index (χ4n) is 4.20. The SMILES string of the molecule is CC[C@H](C)n1cnnc1-c1cccc(N2Cc3c(CN(C)C(=O)OC(C)(C)C)cc(OC)cc3C2=O)n1. The minimum atomic E-state index is -0.607. The molecule has 0 bridgehead atoms. The maximum Gasteiger partial charge on any atom is 0.410 e. The standard InChI is InChI=1S/C27H34N6O4/c1-8-17(2)33-16-28-30-24(33)22-10-9-11-23(29-22)32-15-21-18(12-19(36-7)13-20(21)25(32)34)14-31(6)26(35)37-27(3,4)5/h9-13,16-17H,8,14-15H2,1-7H3/t17-/m0/s1. The number of hydrogen-bond acceptors (Lipinski definition) is 7. The lowest BCUT2D eigenvalue weighted by atomic mass is 10.0. The van der Waals surface area contributed by atoms with Crippen LogP contribution in [0.3, 0.4) is 0 Å². The molecule has 0 fully saturated rings. The molecule has 0 aliphatic carbocycles. The van der Waals surface area contributed by atoms with Crippen molar-refractivity contribution in [2.75, 3.05) is 19.1 Å². The number of methoxy groups -OCH3 is 1. The third kappa shape index (κ3) is 5.42. The summed E-state index contributed by atoms with van der Waals surface area (Å²) in [5.41, 5.74) is 2.20. The molecule has 0 spiro atoms. The number of carbonyl (C=O) groups excluding carboxylic acids is 2. The van der Waals surface area contributed by atoms with Crippen LogP contribution in [0.15, 0.2) is 36.7 Å². The van der Waals surface area contributed by atoms with E-state index in [2.05, 4.69) is 24.0 Å². The number of anilines is 1. The van der Waals surface area contributed by atoms with Gasteiger partial charge in [0.15, 0.2) is 5.82 Å². The average Bonchev–Trinajstić information content (AvgIpc) is 3.48. The van der Waals surface area contributed by atoms with Gasteiger partial charge in [-0.25, -0.2) is 9.78 Å². The smallest absolute Gasteiger partial charge is 0.410 e. The summed E-state index contributed by atoms with van der Waals surface area (Å²) >= 11 is 0. The number of ether oxygens (including phenoxy) is 2. The highest BCUT2D eigenvalue weighted by atomic mass is 16.6. The Bertz CT molecular complexity index is 1310. The lowest BCUT2D eigenvalue weighted by molar-refractivity contribution is 0.0284. The first-order valence-electron chi connectivity index (χ1n) is 12.3. The molecule has 1 aliphatic rings. The van der Waals surface area contributed by atoms with Crippen LogP contribution in [0.1, 0.15) is 68.6 Å². The van der Waals surface area contributed by atoms with Gasteiger partial charge in [-0.3, -0.25) is 9.69 Å². The molecule has 1 aliphatic heterocycles. The van der Waals surface area contributed by atoms with Crippen LogP contribution in [-0.2, 0) is 17.8 Å². The number of carbonyl (C=O) groups is 2. The lowest BCUT2D eigenvalue weighted by Gasteiger charge is -2.25. The molecule has 3 aromatic rings. The molecule has 196 valence electrons.